The van der Waals surface area contributed by atoms with Gasteiger partial charge in [-0.3, -0.25) is 4.79 Å². The minimum absolute atomic E-state index is 0.0942. The number of hydrogen-bond acceptors (Lipinski definition) is 2. The molecule has 0 saturated heterocycles. The molecule has 1 aromatic carbocycles. The van der Waals surface area contributed by atoms with Gasteiger partial charge in [-0.25, -0.2) is 4.39 Å². The van der Waals surface area contributed by atoms with Gasteiger partial charge < -0.3 is 10.1 Å². The normalized spacial score (nSPS) is 10.3. The van der Waals surface area contributed by atoms with Crippen LogP contribution in [0.25, 0.3) is 0 Å². The second kappa shape index (κ2) is 7.40. The van der Waals surface area contributed by atoms with Crippen LogP contribution in [0.5, 0.6) is 0 Å². The highest BCUT2D eigenvalue weighted by molar-refractivity contribution is 9.10. The van der Waals surface area contributed by atoms with E-state index in [2.05, 4.69) is 21.2 Å². The number of rotatable bonds is 6. The minimum atomic E-state index is -0.348. The molecule has 0 bridgehead atoms. The summed E-state index contributed by atoms with van der Waals surface area (Å²) in [5.41, 5.74) is 0.583. The second-order valence-corrected chi connectivity index (χ2v) is 4.33. The van der Waals surface area contributed by atoms with Gasteiger partial charge in [0, 0.05) is 25.3 Å². The van der Waals surface area contributed by atoms with Crippen LogP contribution < -0.4 is 5.32 Å². The SMILES string of the molecule is CCOCCCC(=O)Nc1ccc(F)c(Br)c1. The van der Waals surface area contributed by atoms with E-state index in [1.165, 1.54) is 18.2 Å². The fraction of sp³-hybridized carbons (Fsp3) is 0.417. The Hall–Kier alpha value is -0.940. The molecule has 17 heavy (non-hydrogen) atoms. The van der Waals surface area contributed by atoms with Crippen LogP contribution in [0, 0.1) is 5.82 Å². The Labute approximate surface area is 108 Å². The van der Waals surface area contributed by atoms with Crippen molar-refractivity contribution in [3.05, 3.63) is 28.5 Å². The van der Waals surface area contributed by atoms with E-state index in [9.17, 15) is 9.18 Å². The summed E-state index contributed by atoms with van der Waals surface area (Å²) in [5.74, 6) is -0.442. The summed E-state index contributed by atoms with van der Waals surface area (Å²) < 4.78 is 18.4. The molecule has 0 aliphatic carbocycles. The average Bonchev–Trinajstić information content (AvgIpc) is 2.30. The number of benzene rings is 1. The number of nitrogens with one attached hydrogen (secondary N) is 1. The lowest BCUT2D eigenvalue weighted by Gasteiger charge is -2.06. The van der Waals surface area contributed by atoms with E-state index in [1.54, 1.807) is 0 Å². The summed E-state index contributed by atoms with van der Waals surface area (Å²) in [6.07, 6.45) is 1.08. The standard InChI is InChI=1S/C12H15BrFNO2/c1-2-17-7-3-4-12(16)15-9-5-6-11(14)10(13)8-9/h5-6,8H,2-4,7H2,1H3,(H,15,16). The molecule has 5 heteroatoms. The first-order valence-corrected chi connectivity index (χ1v) is 6.25. The second-order valence-electron chi connectivity index (χ2n) is 3.48. The predicted molar refractivity (Wildman–Crippen MR) is 68.5 cm³/mol. The van der Waals surface area contributed by atoms with E-state index in [-0.39, 0.29) is 11.7 Å². The van der Waals surface area contributed by atoms with Crippen LogP contribution in [0.4, 0.5) is 10.1 Å². The molecular formula is C12H15BrFNO2. The van der Waals surface area contributed by atoms with E-state index in [0.717, 1.165) is 0 Å². The first-order chi connectivity index (χ1) is 8.13. The third kappa shape index (κ3) is 5.28. The van der Waals surface area contributed by atoms with Gasteiger partial charge in [0.15, 0.2) is 0 Å². The lowest BCUT2D eigenvalue weighted by atomic mass is 10.2. The number of anilines is 1. The van der Waals surface area contributed by atoms with Gasteiger partial charge in [0.2, 0.25) is 5.91 Å². The fourth-order valence-electron chi connectivity index (χ4n) is 1.28. The molecular weight excluding hydrogens is 289 g/mol. The zero-order valence-corrected chi connectivity index (χ0v) is 11.2. The van der Waals surface area contributed by atoms with Crippen molar-refractivity contribution in [1.29, 1.82) is 0 Å². The molecule has 1 N–H and O–H groups in total. The summed E-state index contributed by atoms with van der Waals surface area (Å²) in [7, 11) is 0. The van der Waals surface area contributed by atoms with Crippen molar-refractivity contribution in [1.82, 2.24) is 0 Å². The topological polar surface area (TPSA) is 38.3 Å². The fourth-order valence-corrected chi connectivity index (χ4v) is 1.66. The van der Waals surface area contributed by atoms with E-state index in [1.807, 2.05) is 6.92 Å². The molecule has 0 unspecified atom stereocenters. The van der Waals surface area contributed by atoms with Crippen LogP contribution in [0.15, 0.2) is 22.7 Å². The molecule has 0 aliphatic heterocycles. The zero-order valence-electron chi connectivity index (χ0n) is 9.63. The number of ether oxygens (including phenoxy) is 1. The summed E-state index contributed by atoms with van der Waals surface area (Å²) >= 11 is 3.06. The number of amides is 1. The van der Waals surface area contributed by atoms with Gasteiger partial charge in [0.25, 0.3) is 0 Å². The van der Waals surface area contributed by atoms with E-state index < -0.39 is 0 Å². The Morgan fingerprint density at radius 2 is 2.29 bits per heavy atom. The summed E-state index contributed by atoms with van der Waals surface area (Å²) in [6.45, 7) is 3.15. The van der Waals surface area contributed by atoms with Crippen LogP contribution in [0.2, 0.25) is 0 Å². The van der Waals surface area contributed by atoms with Crippen LogP contribution in [-0.4, -0.2) is 19.1 Å². The molecule has 1 rings (SSSR count). The molecule has 94 valence electrons. The van der Waals surface area contributed by atoms with E-state index >= 15 is 0 Å². The van der Waals surface area contributed by atoms with Gasteiger partial charge in [0.05, 0.1) is 4.47 Å². The molecule has 0 atom stereocenters. The number of carbonyl (C=O) groups excluding carboxylic acids is 1. The van der Waals surface area contributed by atoms with Gasteiger partial charge >= 0.3 is 0 Å². The predicted octanol–water partition coefficient (Wildman–Crippen LogP) is 3.34. The third-order valence-corrected chi connectivity index (χ3v) is 2.71. The molecule has 0 aliphatic rings. The highest BCUT2D eigenvalue weighted by Crippen LogP contribution is 2.20. The molecule has 0 heterocycles. The van der Waals surface area contributed by atoms with Crippen LogP contribution >= 0.6 is 15.9 Å². The maximum atomic E-state index is 12.9. The third-order valence-electron chi connectivity index (χ3n) is 2.10. The summed E-state index contributed by atoms with van der Waals surface area (Å²) in [5, 5.41) is 2.70. The van der Waals surface area contributed by atoms with E-state index in [0.29, 0.717) is 36.2 Å². The zero-order chi connectivity index (χ0) is 12.7. The molecule has 0 spiro atoms. The molecule has 0 fully saturated rings. The van der Waals surface area contributed by atoms with Crippen molar-refractivity contribution >= 4 is 27.5 Å². The highest BCUT2D eigenvalue weighted by atomic mass is 79.9. The summed E-state index contributed by atoms with van der Waals surface area (Å²) in [6, 6.07) is 4.37. The number of hydrogen-bond donors (Lipinski definition) is 1. The van der Waals surface area contributed by atoms with Crippen molar-refractivity contribution < 1.29 is 13.9 Å². The monoisotopic (exact) mass is 303 g/mol. The van der Waals surface area contributed by atoms with Crippen molar-refractivity contribution in [3.63, 3.8) is 0 Å². The first kappa shape index (κ1) is 14.1. The van der Waals surface area contributed by atoms with Crippen molar-refractivity contribution in [2.75, 3.05) is 18.5 Å². The quantitative estimate of drug-likeness (QED) is 0.819. The van der Waals surface area contributed by atoms with Gasteiger partial charge in [0.1, 0.15) is 5.82 Å². The van der Waals surface area contributed by atoms with Crippen LogP contribution in [0.3, 0.4) is 0 Å². The Kier molecular flexibility index (Phi) is 6.15. The maximum absolute atomic E-state index is 12.9. The highest BCUT2D eigenvalue weighted by Gasteiger charge is 2.04. The largest absolute Gasteiger partial charge is 0.382 e. The Balaban J connectivity index is 2.37. The minimum Gasteiger partial charge on any atom is -0.382 e. The number of halogens is 2. The molecule has 0 saturated carbocycles. The lowest BCUT2D eigenvalue weighted by molar-refractivity contribution is -0.116. The van der Waals surface area contributed by atoms with Gasteiger partial charge in [-0.2, -0.15) is 0 Å². The average molecular weight is 304 g/mol. The van der Waals surface area contributed by atoms with Crippen molar-refractivity contribution in [3.8, 4) is 0 Å². The van der Waals surface area contributed by atoms with Crippen molar-refractivity contribution in [2.24, 2.45) is 0 Å². The van der Waals surface area contributed by atoms with E-state index in [4.69, 9.17) is 4.74 Å². The maximum Gasteiger partial charge on any atom is 0.224 e. The van der Waals surface area contributed by atoms with Gasteiger partial charge in [-0.15, -0.1) is 0 Å². The molecule has 0 radical (unpaired) electrons. The summed E-state index contributed by atoms with van der Waals surface area (Å²) in [4.78, 5) is 11.5. The van der Waals surface area contributed by atoms with Crippen LogP contribution in [0.1, 0.15) is 19.8 Å². The van der Waals surface area contributed by atoms with Crippen LogP contribution in [-0.2, 0) is 9.53 Å². The Morgan fingerprint density at radius 1 is 1.53 bits per heavy atom. The smallest absolute Gasteiger partial charge is 0.224 e. The van der Waals surface area contributed by atoms with Crippen molar-refractivity contribution in [2.45, 2.75) is 19.8 Å². The molecule has 0 aromatic heterocycles. The van der Waals surface area contributed by atoms with Gasteiger partial charge in [-0.1, -0.05) is 0 Å². The Bertz CT molecular complexity index is 385. The first-order valence-electron chi connectivity index (χ1n) is 5.46. The Morgan fingerprint density at radius 3 is 2.94 bits per heavy atom. The van der Waals surface area contributed by atoms with Gasteiger partial charge in [-0.05, 0) is 47.5 Å². The molecule has 1 aromatic rings. The number of carbonyl (C=O) groups is 1. The molecule has 1 amide bonds. The lowest BCUT2D eigenvalue weighted by Crippen LogP contribution is -2.12. The molecule has 3 nitrogen and oxygen atoms in total.